The van der Waals surface area contributed by atoms with Gasteiger partial charge in [-0.1, -0.05) is 32.9 Å². The minimum absolute atomic E-state index is 0.00358. The Morgan fingerprint density at radius 1 is 1.19 bits per heavy atom. The molecule has 36 heavy (non-hydrogen) atoms. The largest absolute Gasteiger partial charge is 0.481 e. The Kier molecular flexibility index (Phi) is 8.63. The topological polar surface area (TPSA) is 141 Å². The predicted octanol–water partition coefficient (Wildman–Crippen LogP) is 3.32. The Morgan fingerprint density at radius 3 is 2.64 bits per heavy atom. The van der Waals surface area contributed by atoms with Crippen LogP contribution in [0.3, 0.4) is 0 Å². The van der Waals surface area contributed by atoms with E-state index in [1.807, 2.05) is 0 Å². The van der Waals surface area contributed by atoms with Crippen molar-refractivity contribution in [1.29, 1.82) is 0 Å². The van der Waals surface area contributed by atoms with Crippen LogP contribution in [-0.4, -0.2) is 47.0 Å². The second kappa shape index (κ2) is 11.7. The molecule has 1 saturated heterocycles. The molecule has 2 unspecified atom stereocenters. The summed E-state index contributed by atoms with van der Waals surface area (Å²) in [6, 6.07) is 9.16. The Morgan fingerprint density at radius 2 is 1.97 bits per heavy atom. The molecule has 1 aromatic carbocycles. The van der Waals surface area contributed by atoms with E-state index in [-0.39, 0.29) is 36.7 Å². The first-order chi connectivity index (χ1) is 17.0. The number of rotatable bonds is 9. The Hall–Kier alpha value is -3.95. The molecule has 1 fully saturated rings. The first-order valence-corrected chi connectivity index (χ1v) is 11.9. The van der Waals surface area contributed by atoms with Gasteiger partial charge in [0, 0.05) is 43.3 Å². The number of amides is 4. The van der Waals surface area contributed by atoms with Crippen molar-refractivity contribution in [2.75, 3.05) is 23.3 Å². The zero-order chi connectivity index (χ0) is 26.3. The molecular formula is C26H33N5O5. The molecule has 0 spiro atoms. The lowest BCUT2D eigenvalue weighted by Crippen LogP contribution is -2.36. The normalized spacial score (nSPS) is 16.4. The smallest absolute Gasteiger partial charge is 0.319 e. The summed E-state index contributed by atoms with van der Waals surface area (Å²) in [7, 11) is 0. The maximum Gasteiger partial charge on any atom is 0.319 e. The van der Waals surface area contributed by atoms with Crippen LogP contribution in [0, 0.1) is 11.3 Å². The lowest BCUT2D eigenvalue weighted by molar-refractivity contribution is -0.138. The van der Waals surface area contributed by atoms with E-state index in [2.05, 4.69) is 41.7 Å². The van der Waals surface area contributed by atoms with Gasteiger partial charge in [0.2, 0.25) is 11.8 Å². The summed E-state index contributed by atoms with van der Waals surface area (Å²) in [5.74, 6) is -2.31. The summed E-state index contributed by atoms with van der Waals surface area (Å²) in [4.78, 5) is 54.7. The van der Waals surface area contributed by atoms with Gasteiger partial charge in [0.1, 0.15) is 0 Å². The number of urea groups is 1. The molecule has 2 heterocycles. The lowest BCUT2D eigenvalue weighted by Gasteiger charge is -2.21. The van der Waals surface area contributed by atoms with Crippen molar-refractivity contribution in [2.45, 2.75) is 46.1 Å². The third-order valence-corrected chi connectivity index (χ3v) is 5.85. The summed E-state index contributed by atoms with van der Waals surface area (Å²) < 4.78 is 0. The van der Waals surface area contributed by atoms with Crippen molar-refractivity contribution in [2.24, 2.45) is 11.3 Å². The van der Waals surface area contributed by atoms with Gasteiger partial charge in [0.15, 0.2) is 0 Å². The van der Waals surface area contributed by atoms with Crippen LogP contribution in [0.2, 0.25) is 0 Å². The molecule has 0 aliphatic carbocycles. The summed E-state index contributed by atoms with van der Waals surface area (Å²) >= 11 is 0. The van der Waals surface area contributed by atoms with Gasteiger partial charge in [-0.3, -0.25) is 19.4 Å². The molecule has 0 radical (unpaired) electrons. The second-order valence-corrected chi connectivity index (χ2v) is 10.1. The molecule has 2 aromatic rings. The van der Waals surface area contributed by atoms with Gasteiger partial charge in [0.05, 0.1) is 18.4 Å². The molecule has 4 N–H and O–H groups in total. The third-order valence-electron chi connectivity index (χ3n) is 5.85. The average Bonchev–Trinajstić information content (AvgIpc) is 3.20. The number of benzene rings is 1. The van der Waals surface area contributed by atoms with E-state index in [1.165, 1.54) is 11.1 Å². The summed E-state index contributed by atoms with van der Waals surface area (Å²) in [6.07, 6.45) is 3.62. The Bertz CT molecular complexity index is 1100. The molecule has 3 rings (SSSR count). The Balaban J connectivity index is 1.62. The van der Waals surface area contributed by atoms with Gasteiger partial charge < -0.3 is 26.0 Å². The number of pyridine rings is 1. The van der Waals surface area contributed by atoms with Crippen LogP contribution in [-0.2, 0) is 14.4 Å². The summed E-state index contributed by atoms with van der Waals surface area (Å²) in [5, 5.41) is 17.6. The van der Waals surface area contributed by atoms with Gasteiger partial charge in [-0.05, 0) is 41.7 Å². The van der Waals surface area contributed by atoms with Crippen molar-refractivity contribution >= 4 is 35.2 Å². The minimum Gasteiger partial charge on any atom is -0.481 e. The number of anilines is 2. The van der Waals surface area contributed by atoms with E-state index < -0.39 is 23.8 Å². The highest BCUT2D eigenvalue weighted by atomic mass is 16.4. The maximum atomic E-state index is 12.9. The van der Waals surface area contributed by atoms with Crippen molar-refractivity contribution in [1.82, 2.24) is 15.6 Å². The fourth-order valence-electron chi connectivity index (χ4n) is 3.91. The number of carbonyl (C=O) groups is 4. The molecule has 10 heteroatoms. The van der Waals surface area contributed by atoms with Gasteiger partial charge in [-0.15, -0.1) is 0 Å². The molecular weight excluding hydrogens is 462 g/mol. The number of carboxylic acids is 1. The monoisotopic (exact) mass is 495 g/mol. The average molecular weight is 496 g/mol. The van der Waals surface area contributed by atoms with Crippen molar-refractivity contribution < 1.29 is 24.3 Å². The molecule has 0 saturated carbocycles. The van der Waals surface area contributed by atoms with E-state index >= 15 is 0 Å². The Labute approximate surface area is 210 Å². The van der Waals surface area contributed by atoms with Crippen LogP contribution in [0.15, 0.2) is 48.8 Å². The van der Waals surface area contributed by atoms with Crippen LogP contribution >= 0.6 is 0 Å². The molecule has 0 bridgehead atoms. The van der Waals surface area contributed by atoms with Crippen molar-refractivity contribution in [3.05, 3.63) is 54.4 Å². The van der Waals surface area contributed by atoms with Crippen LogP contribution in [0.4, 0.5) is 16.2 Å². The number of hydrogen-bond donors (Lipinski definition) is 4. The van der Waals surface area contributed by atoms with E-state index in [0.717, 1.165) is 6.42 Å². The van der Waals surface area contributed by atoms with E-state index in [9.17, 15) is 24.3 Å². The summed E-state index contributed by atoms with van der Waals surface area (Å²) in [5.41, 5.74) is 1.78. The van der Waals surface area contributed by atoms with Gasteiger partial charge in [-0.2, -0.15) is 0 Å². The lowest BCUT2D eigenvalue weighted by atomic mass is 9.92. The third kappa shape index (κ3) is 7.79. The molecule has 1 aromatic heterocycles. The first kappa shape index (κ1) is 26.7. The zero-order valence-corrected chi connectivity index (χ0v) is 20.8. The van der Waals surface area contributed by atoms with Crippen LogP contribution in [0.1, 0.15) is 51.6 Å². The number of carbonyl (C=O) groups excluding carboxylic acids is 3. The SMILES string of the molecule is CC(C)(C)CCNC(=O)Nc1cccc(N2CC(C(=O)NC(CC(=O)O)c3cccnc3)CC2=O)c1. The number of aromatic nitrogens is 1. The number of nitrogens with one attached hydrogen (secondary N) is 3. The van der Waals surface area contributed by atoms with Crippen molar-refractivity contribution in [3.63, 3.8) is 0 Å². The number of hydrogen-bond acceptors (Lipinski definition) is 5. The van der Waals surface area contributed by atoms with Gasteiger partial charge in [-0.25, -0.2) is 4.79 Å². The maximum absolute atomic E-state index is 12.9. The van der Waals surface area contributed by atoms with E-state index in [1.54, 1.807) is 42.6 Å². The van der Waals surface area contributed by atoms with Gasteiger partial charge >= 0.3 is 12.0 Å². The fraction of sp³-hybridized carbons (Fsp3) is 0.423. The van der Waals surface area contributed by atoms with Gasteiger partial charge in [0.25, 0.3) is 0 Å². The molecule has 4 amide bonds. The highest BCUT2D eigenvalue weighted by molar-refractivity contribution is 6.01. The van der Waals surface area contributed by atoms with Crippen molar-refractivity contribution in [3.8, 4) is 0 Å². The fourth-order valence-corrected chi connectivity index (χ4v) is 3.91. The highest BCUT2D eigenvalue weighted by Gasteiger charge is 2.36. The number of aliphatic carboxylic acids is 1. The second-order valence-electron chi connectivity index (χ2n) is 10.1. The van der Waals surface area contributed by atoms with Crippen LogP contribution in [0.25, 0.3) is 0 Å². The molecule has 10 nitrogen and oxygen atoms in total. The number of carboxylic acid groups (broad SMARTS) is 1. The van der Waals surface area contributed by atoms with E-state index in [0.29, 0.717) is 23.5 Å². The first-order valence-electron chi connectivity index (χ1n) is 11.9. The standard InChI is InChI=1S/C26H33N5O5/c1-26(2,3)9-11-28-25(36)29-19-7-4-8-20(13-19)31-16-18(12-22(31)32)24(35)30-21(14-23(33)34)17-6-5-10-27-15-17/h4-8,10,13,15,18,21H,9,11-12,14,16H2,1-3H3,(H,30,35)(H,33,34)(H2,28,29,36). The summed E-state index contributed by atoms with van der Waals surface area (Å²) in [6.45, 7) is 6.99. The van der Waals surface area contributed by atoms with Crippen LogP contribution in [0.5, 0.6) is 0 Å². The quantitative estimate of drug-likeness (QED) is 0.421. The van der Waals surface area contributed by atoms with E-state index in [4.69, 9.17) is 0 Å². The highest BCUT2D eigenvalue weighted by Crippen LogP contribution is 2.28. The minimum atomic E-state index is -1.06. The zero-order valence-electron chi connectivity index (χ0n) is 20.8. The van der Waals surface area contributed by atoms with Crippen LogP contribution < -0.4 is 20.9 Å². The molecule has 192 valence electrons. The number of nitrogens with zero attached hydrogens (tertiary/aromatic N) is 2. The predicted molar refractivity (Wildman–Crippen MR) is 135 cm³/mol. The molecule has 2 atom stereocenters. The molecule has 1 aliphatic heterocycles. The molecule has 1 aliphatic rings.